The summed E-state index contributed by atoms with van der Waals surface area (Å²) in [6.07, 6.45) is 0.834. The number of aromatic nitrogens is 1. The molecule has 1 aliphatic rings. The van der Waals surface area contributed by atoms with Crippen molar-refractivity contribution in [1.29, 1.82) is 0 Å². The molecule has 1 unspecified atom stereocenters. The summed E-state index contributed by atoms with van der Waals surface area (Å²) in [4.78, 5) is 17.7. The van der Waals surface area contributed by atoms with Crippen LogP contribution in [0.15, 0.2) is 12.1 Å². The maximum Gasteiger partial charge on any atom is 0.274 e. The summed E-state index contributed by atoms with van der Waals surface area (Å²) >= 11 is 11.7. The fourth-order valence-corrected chi connectivity index (χ4v) is 2.06. The Balaban J connectivity index is 2.20. The number of amides is 1. The van der Waals surface area contributed by atoms with E-state index in [0.717, 1.165) is 6.42 Å². The van der Waals surface area contributed by atoms with Gasteiger partial charge in [-0.2, -0.15) is 0 Å². The molecule has 1 aromatic rings. The highest BCUT2D eigenvalue weighted by Crippen LogP contribution is 2.20. The monoisotopic (exact) mass is 274 g/mol. The topological polar surface area (TPSA) is 42.4 Å². The molecule has 92 valence electrons. The number of halogens is 2. The molecule has 4 nitrogen and oxygen atoms in total. The number of carbonyl (C=O) groups excluding carboxylic acids is 1. The first kappa shape index (κ1) is 12.6. The molecule has 1 fully saturated rings. The molecule has 1 aliphatic heterocycles. The number of pyridine rings is 1. The van der Waals surface area contributed by atoms with Gasteiger partial charge in [0.25, 0.3) is 5.91 Å². The number of hydrogen-bond acceptors (Lipinski definition) is 3. The van der Waals surface area contributed by atoms with Crippen LogP contribution in [0.25, 0.3) is 0 Å². The van der Waals surface area contributed by atoms with Gasteiger partial charge in [0.2, 0.25) is 0 Å². The summed E-state index contributed by atoms with van der Waals surface area (Å²) in [5, 5.41) is 0.569. The van der Waals surface area contributed by atoms with Crippen LogP contribution in [0.3, 0.4) is 0 Å². The predicted molar refractivity (Wildman–Crippen MR) is 65.6 cm³/mol. The molecular weight excluding hydrogens is 263 g/mol. The molecule has 0 radical (unpaired) electrons. The van der Waals surface area contributed by atoms with E-state index in [1.165, 1.54) is 0 Å². The highest BCUT2D eigenvalue weighted by Gasteiger charge is 2.26. The Morgan fingerprint density at radius 3 is 2.94 bits per heavy atom. The first-order valence-corrected chi connectivity index (χ1v) is 6.02. The van der Waals surface area contributed by atoms with Crippen molar-refractivity contribution in [3.05, 3.63) is 28.0 Å². The van der Waals surface area contributed by atoms with Gasteiger partial charge in [0, 0.05) is 13.7 Å². The van der Waals surface area contributed by atoms with Gasteiger partial charge in [-0.1, -0.05) is 23.2 Å². The van der Waals surface area contributed by atoms with Gasteiger partial charge in [-0.15, -0.1) is 0 Å². The second-order valence-corrected chi connectivity index (χ2v) is 4.69. The third kappa shape index (κ3) is 2.70. The molecule has 2 rings (SSSR count). The molecule has 1 atom stereocenters. The number of ether oxygens (including phenoxy) is 1. The van der Waals surface area contributed by atoms with Gasteiger partial charge in [0.1, 0.15) is 10.8 Å². The minimum absolute atomic E-state index is 0.0827. The second-order valence-electron chi connectivity index (χ2n) is 3.90. The van der Waals surface area contributed by atoms with Crippen LogP contribution in [-0.4, -0.2) is 42.1 Å². The van der Waals surface area contributed by atoms with Crippen LogP contribution in [0.1, 0.15) is 16.9 Å². The fourth-order valence-electron chi connectivity index (χ4n) is 1.73. The molecule has 1 amide bonds. The van der Waals surface area contributed by atoms with E-state index in [0.29, 0.717) is 18.2 Å². The first-order valence-electron chi connectivity index (χ1n) is 5.26. The Bertz CT molecular complexity index is 433. The molecule has 17 heavy (non-hydrogen) atoms. The Morgan fingerprint density at radius 1 is 1.53 bits per heavy atom. The van der Waals surface area contributed by atoms with Gasteiger partial charge in [-0.05, 0) is 18.6 Å². The Hall–Kier alpha value is -0.840. The van der Waals surface area contributed by atoms with Gasteiger partial charge in [-0.3, -0.25) is 4.79 Å². The minimum atomic E-state index is -0.229. The van der Waals surface area contributed by atoms with E-state index in [1.54, 1.807) is 24.1 Å². The highest BCUT2D eigenvalue weighted by molar-refractivity contribution is 6.34. The predicted octanol–water partition coefficient (Wildman–Crippen LogP) is 2.25. The fraction of sp³-hybridized carbons (Fsp3) is 0.455. The normalized spacial score (nSPS) is 19.4. The van der Waals surface area contributed by atoms with Crippen molar-refractivity contribution in [2.75, 3.05) is 20.3 Å². The van der Waals surface area contributed by atoms with Crippen LogP contribution >= 0.6 is 23.2 Å². The second kappa shape index (κ2) is 5.21. The number of hydrogen-bond donors (Lipinski definition) is 0. The number of nitrogens with zero attached hydrogens (tertiary/aromatic N) is 2. The quantitative estimate of drug-likeness (QED) is 0.777. The van der Waals surface area contributed by atoms with Crippen molar-refractivity contribution in [3.8, 4) is 0 Å². The zero-order valence-corrected chi connectivity index (χ0v) is 10.8. The molecule has 0 spiro atoms. The average molecular weight is 275 g/mol. The Kier molecular flexibility index (Phi) is 3.86. The number of rotatable bonds is 2. The molecule has 0 aromatic carbocycles. The van der Waals surface area contributed by atoms with Crippen molar-refractivity contribution < 1.29 is 9.53 Å². The standard InChI is InChI=1S/C11H12Cl2N2O2/c1-15(7-4-5-17-6-7)11(16)10-8(12)2-3-9(13)14-10/h2-3,7H,4-6H2,1H3. The van der Waals surface area contributed by atoms with E-state index in [2.05, 4.69) is 4.98 Å². The lowest BCUT2D eigenvalue weighted by atomic mass is 10.2. The molecule has 6 heteroatoms. The number of likely N-dealkylation sites (N-methyl/N-ethyl adjacent to an activating group) is 1. The lowest BCUT2D eigenvalue weighted by molar-refractivity contribution is 0.0705. The molecular formula is C11H12Cl2N2O2. The largest absolute Gasteiger partial charge is 0.379 e. The Morgan fingerprint density at radius 2 is 2.29 bits per heavy atom. The molecule has 2 heterocycles. The van der Waals surface area contributed by atoms with Crippen molar-refractivity contribution in [2.24, 2.45) is 0 Å². The van der Waals surface area contributed by atoms with Gasteiger partial charge >= 0.3 is 0 Å². The zero-order valence-electron chi connectivity index (χ0n) is 9.32. The SMILES string of the molecule is CN(C(=O)c1nc(Cl)ccc1Cl)C1CCOC1. The smallest absolute Gasteiger partial charge is 0.274 e. The summed E-state index contributed by atoms with van der Waals surface area (Å²) < 4.78 is 5.24. The van der Waals surface area contributed by atoms with E-state index in [9.17, 15) is 4.79 Å². The summed E-state index contributed by atoms with van der Waals surface area (Å²) in [5.41, 5.74) is 0.188. The average Bonchev–Trinajstić information content (AvgIpc) is 2.84. The van der Waals surface area contributed by atoms with Crippen LogP contribution in [-0.2, 0) is 4.74 Å². The molecule has 0 bridgehead atoms. The zero-order chi connectivity index (χ0) is 12.4. The summed E-state index contributed by atoms with van der Waals surface area (Å²) in [5.74, 6) is -0.229. The lowest BCUT2D eigenvalue weighted by Crippen LogP contribution is -2.37. The molecule has 1 saturated heterocycles. The van der Waals surface area contributed by atoms with E-state index in [-0.39, 0.29) is 22.8 Å². The van der Waals surface area contributed by atoms with Crippen molar-refractivity contribution in [2.45, 2.75) is 12.5 Å². The summed E-state index contributed by atoms with van der Waals surface area (Å²) in [6, 6.07) is 3.21. The van der Waals surface area contributed by atoms with Crippen molar-refractivity contribution >= 4 is 29.1 Å². The van der Waals surface area contributed by atoms with Gasteiger partial charge in [-0.25, -0.2) is 4.98 Å². The maximum atomic E-state index is 12.2. The van der Waals surface area contributed by atoms with Gasteiger partial charge < -0.3 is 9.64 Å². The minimum Gasteiger partial charge on any atom is -0.379 e. The van der Waals surface area contributed by atoms with Crippen LogP contribution in [0, 0.1) is 0 Å². The van der Waals surface area contributed by atoms with Gasteiger partial charge in [0.15, 0.2) is 0 Å². The highest BCUT2D eigenvalue weighted by atomic mass is 35.5. The van der Waals surface area contributed by atoms with E-state index >= 15 is 0 Å². The molecule has 0 aliphatic carbocycles. The summed E-state index contributed by atoms with van der Waals surface area (Å²) in [7, 11) is 1.72. The lowest BCUT2D eigenvalue weighted by Gasteiger charge is -2.23. The van der Waals surface area contributed by atoms with Crippen LogP contribution < -0.4 is 0 Å². The van der Waals surface area contributed by atoms with E-state index in [1.807, 2.05) is 0 Å². The van der Waals surface area contributed by atoms with Crippen molar-refractivity contribution in [3.63, 3.8) is 0 Å². The summed E-state index contributed by atoms with van der Waals surface area (Å²) in [6.45, 7) is 1.24. The maximum absolute atomic E-state index is 12.2. The molecule has 1 aromatic heterocycles. The molecule has 0 saturated carbocycles. The van der Waals surface area contributed by atoms with E-state index in [4.69, 9.17) is 27.9 Å². The number of carbonyl (C=O) groups is 1. The molecule has 0 N–H and O–H groups in total. The first-order chi connectivity index (χ1) is 8.09. The van der Waals surface area contributed by atoms with Crippen LogP contribution in [0.5, 0.6) is 0 Å². The van der Waals surface area contributed by atoms with Gasteiger partial charge in [0.05, 0.1) is 17.7 Å². The Labute approximate surface area is 109 Å². The third-order valence-electron chi connectivity index (χ3n) is 2.79. The van der Waals surface area contributed by atoms with Crippen molar-refractivity contribution in [1.82, 2.24) is 9.88 Å². The third-order valence-corrected chi connectivity index (χ3v) is 3.30. The van der Waals surface area contributed by atoms with Crippen LogP contribution in [0.4, 0.5) is 0 Å². The van der Waals surface area contributed by atoms with E-state index < -0.39 is 0 Å². The van der Waals surface area contributed by atoms with Crippen LogP contribution in [0.2, 0.25) is 10.2 Å².